The number of aromatic nitrogens is 1. The zero-order valence-corrected chi connectivity index (χ0v) is 12.9. The lowest BCUT2D eigenvalue weighted by molar-refractivity contribution is 0.450. The van der Waals surface area contributed by atoms with Crippen LogP contribution in [0.15, 0.2) is 18.3 Å². The van der Waals surface area contributed by atoms with E-state index in [-0.39, 0.29) is 0 Å². The average molecular weight is 262 g/mol. The van der Waals surface area contributed by atoms with E-state index in [1.54, 1.807) is 0 Å². The van der Waals surface area contributed by atoms with Gasteiger partial charge in [-0.05, 0) is 37.9 Å². The molecule has 1 N–H and O–H groups in total. The molecule has 1 rings (SSSR count). The minimum absolute atomic E-state index is 0.590. The van der Waals surface area contributed by atoms with Crippen molar-refractivity contribution in [1.82, 2.24) is 10.3 Å². The third-order valence-electron chi connectivity index (χ3n) is 3.52. The Kier molecular flexibility index (Phi) is 8.48. The van der Waals surface area contributed by atoms with E-state index in [9.17, 15) is 0 Å². The largest absolute Gasteiger partial charge is 0.314 e. The first-order valence-electron chi connectivity index (χ1n) is 7.91. The topological polar surface area (TPSA) is 24.9 Å². The molecule has 0 fully saturated rings. The molecule has 0 bridgehead atoms. The van der Waals surface area contributed by atoms with Gasteiger partial charge in [0.25, 0.3) is 0 Å². The summed E-state index contributed by atoms with van der Waals surface area (Å²) in [6.07, 6.45) is 10.9. The van der Waals surface area contributed by atoms with Gasteiger partial charge in [0, 0.05) is 24.4 Å². The Bertz CT molecular complexity index is 319. The Morgan fingerprint density at radius 3 is 2.58 bits per heavy atom. The number of aryl methyl sites for hydroxylation is 1. The van der Waals surface area contributed by atoms with Crippen molar-refractivity contribution in [2.24, 2.45) is 0 Å². The first-order chi connectivity index (χ1) is 9.26. The van der Waals surface area contributed by atoms with Crippen LogP contribution in [-0.2, 0) is 6.42 Å². The maximum atomic E-state index is 4.53. The van der Waals surface area contributed by atoms with E-state index in [1.165, 1.54) is 49.8 Å². The first-order valence-corrected chi connectivity index (χ1v) is 7.91. The van der Waals surface area contributed by atoms with Crippen LogP contribution in [0.25, 0.3) is 0 Å². The highest BCUT2D eigenvalue weighted by Gasteiger charge is 2.09. The Balaban J connectivity index is 2.41. The summed E-state index contributed by atoms with van der Waals surface area (Å²) < 4.78 is 0. The zero-order valence-electron chi connectivity index (χ0n) is 12.9. The Morgan fingerprint density at radius 1 is 1.11 bits per heavy atom. The van der Waals surface area contributed by atoms with Gasteiger partial charge in [0.15, 0.2) is 0 Å². The van der Waals surface area contributed by atoms with Crippen LogP contribution in [0.2, 0.25) is 0 Å². The summed E-state index contributed by atoms with van der Waals surface area (Å²) in [5.74, 6) is 0. The molecule has 1 aromatic heterocycles. The molecule has 1 aromatic rings. The van der Waals surface area contributed by atoms with E-state index in [1.807, 2.05) is 6.20 Å². The van der Waals surface area contributed by atoms with Crippen molar-refractivity contribution in [3.8, 4) is 0 Å². The molecule has 0 saturated heterocycles. The van der Waals surface area contributed by atoms with Gasteiger partial charge >= 0.3 is 0 Å². The van der Waals surface area contributed by atoms with Gasteiger partial charge in [-0.1, -0.05) is 45.6 Å². The van der Waals surface area contributed by atoms with Crippen LogP contribution in [-0.4, -0.2) is 17.6 Å². The second-order valence-electron chi connectivity index (χ2n) is 5.53. The lowest BCUT2D eigenvalue weighted by Gasteiger charge is -2.18. The zero-order chi connectivity index (χ0) is 13.9. The number of rotatable bonds is 10. The molecule has 0 spiro atoms. The molecule has 0 aromatic carbocycles. The quantitative estimate of drug-likeness (QED) is 0.637. The van der Waals surface area contributed by atoms with Gasteiger partial charge in [-0.25, -0.2) is 0 Å². The molecule has 0 aliphatic carbocycles. The monoisotopic (exact) mass is 262 g/mol. The van der Waals surface area contributed by atoms with Crippen molar-refractivity contribution < 1.29 is 0 Å². The molecule has 2 nitrogen and oxygen atoms in total. The van der Waals surface area contributed by atoms with Gasteiger partial charge in [-0.15, -0.1) is 0 Å². The summed E-state index contributed by atoms with van der Waals surface area (Å²) in [5.41, 5.74) is 2.46. The third kappa shape index (κ3) is 7.31. The number of hydrogen-bond acceptors (Lipinski definition) is 2. The van der Waals surface area contributed by atoms with Crippen LogP contribution in [0, 0.1) is 6.92 Å². The van der Waals surface area contributed by atoms with E-state index >= 15 is 0 Å². The van der Waals surface area contributed by atoms with Crippen LogP contribution in [0.4, 0.5) is 0 Å². The minimum atomic E-state index is 0.590. The second-order valence-corrected chi connectivity index (χ2v) is 5.53. The number of pyridine rings is 1. The van der Waals surface area contributed by atoms with Gasteiger partial charge in [0.2, 0.25) is 0 Å². The van der Waals surface area contributed by atoms with Gasteiger partial charge in [0.05, 0.1) is 0 Å². The molecule has 0 saturated carbocycles. The molecule has 1 unspecified atom stereocenters. The standard InChI is InChI=1S/C17H30N2/c1-4-6-7-8-9-16(18-12-5-2)13-17-11-10-15(3)14-19-17/h10-11,14,16,18H,4-9,12-13H2,1-3H3. The average Bonchev–Trinajstić information content (AvgIpc) is 2.43. The van der Waals surface area contributed by atoms with Crippen LogP contribution in [0.1, 0.15) is 63.6 Å². The van der Waals surface area contributed by atoms with Crippen molar-refractivity contribution in [2.75, 3.05) is 6.54 Å². The molecule has 0 radical (unpaired) electrons. The van der Waals surface area contributed by atoms with Crippen LogP contribution < -0.4 is 5.32 Å². The SMILES string of the molecule is CCCCCCC(Cc1ccc(C)cn1)NCCC. The molecule has 2 heteroatoms. The minimum Gasteiger partial charge on any atom is -0.314 e. The molecule has 1 heterocycles. The summed E-state index contributed by atoms with van der Waals surface area (Å²) in [7, 11) is 0. The van der Waals surface area contributed by atoms with Crippen molar-refractivity contribution in [1.29, 1.82) is 0 Å². The smallest absolute Gasteiger partial charge is 0.0419 e. The summed E-state index contributed by atoms with van der Waals surface area (Å²) in [6.45, 7) is 7.70. The van der Waals surface area contributed by atoms with Crippen molar-refractivity contribution in [3.05, 3.63) is 29.6 Å². The third-order valence-corrected chi connectivity index (χ3v) is 3.52. The number of hydrogen-bond donors (Lipinski definition) is 1. The van der Waals surface area contributed by atoms with Crippen LogP contribution >= 0.6 is 0 Å². The lowest BCUT2D eigenvalue weighted by Crippen LogP contribution is -2.32. The summed E-state index contributed by atoms with van der Waals surface area (Å²) in [5, 5.41) is 3.67. The molecule has 1 atom stereocenters. The highest BCUT2D eigenvalue weighted by atomic mass is 14.9. The van der Waals surface area contributed by atoms with Gasteiger partial charge in [-0.3, -0.25) is 4.98 Å². The molecule has 19 heavy (non-hydrogen) atoms. The second kappa shape index (κ2) is 9.96. The van der Waals surface area contributed by atoms with Gasteiger partial charge < -0.3 is 5.32 Å². The molecule has 108 valence electrons. The van der Waals surface area contributed by atoms with E-state index in [2.05, 4.69) is 43.2 Å². The summed E-state index contributed by atoms with van der Waals surface area (Å²) in [6, 6.07) is 4.92. The fourth-order valence-electron chi connectivity index (χ4n) is 2.31. The molecule has 0 aliphatic heterocycles. The predicted molar refractivity (Wildman–Crippen MR) is 83.5 cm³/mol. The fraction of sp³-hybridized carbons (Fsp3) is 0.706. The number of unbranched alkanes of at least 4 members (excludes halogenated alkanes) is 3. The van der Waals surface area contributed by atoms with Crippen molar-refractivity contribution in [3.63, 3.8) is 0 Å². The summed E-state index contributed by atoms with van der Waals surface area (Å²) >= 11 is 0. The Hall–Kier alpha value is -0.890. The van der Waals surface area contributed by atoms with Crippen LogP contribution in [0.5, 0.6) is 0 Å². The lowest BCUT2D eigenvalue weighted by atomic mass is 10.0. The van der Waals surface area contributed by atoms with E-state index in [0.717, 1.165) is 13.0 Å². The predicted octanol–water partition coefficient (Wildman–Crippen LogP) is 4.27. The van der Waals surface area contributed by atoms with Gasteiger partial charge in [0.1, 0.15) is 0 Å². The highest BCUT2D eigenvalue weighted by Crippen LogP contribution is 2.10. The molecule has 0 aliphatic rings. The normalized spacial score (nSPS) is 12.6. The molecular formula is C17H30N2. The van der Waals surface area contributed by atoms with Crippen molar-refractivity contribution >= 4 is 0 Å². The van der Waals surface area contributed by atoms with E-state index in [0.29, 0.717) is 6.04 Å². The van der Waals surface area contributed by atoms with Gasteiger partial charge in [-0.2, -0.15) is 0 Å². The Labute approximate surface area is 119 Å². The van der Waals surface area contributed by atoms with E-state index < -0.39 is 0 Å². The summed E-state index contributed by atoms with van der Waals surface area (Å²) in [4.78, 5) is 4.53. The number of nitrogens with one attached hydrogen (secondary N) is 1. The van der Waals surface area contributed by atoms with Crippen molar-refractivity contribution in [2.45, 2.75) is 71.8 Å². The number of nitrogens with zero attached hydrogens (tertiary/aromatic N) is 1. The fourth-order valence-corrected chi connectivity index (χ4v) is 2.31. The van der Waals surface area contributed by atoms with Crippen LogP contribution in [0.3, 0.4) is 0 Å². The Morgan fingerprint density at radius 2 is 1.95 bits per heavy atom. The van der Waals surface area contributed by atoms with E-state index in [4.69, 9.17) is 0 Å². The highest BCUT2D eigenvalue weighted by molar-refractivity contribution is 5.13. The maximum absolute atomic E-state index is 4.53. The molecular weight excluding hydrogens is 232 g/mol. The maximum Gasteiger partial charge on any atom is 0.0419 e. The molecule has 0 amide bonds. The first kappa shape index (κ1) is 16.2.